The molecule has 0 aliphatic carbocycles. The SMILES string of the molecule is CCOC(=O)CCCOc1cccc(F)c1F. The highest BCUT2D eigenvalue weighted by atomic mass is 19.2. The van der Waals surface area contributed by atoms with E-state index in [4.69, 9.17) is 9.47 Å². The van der Waals surface area contributed by atoms with E-state index in [1.807, 2.05) is 0 Å². The van der Waals surface area contributed by atoms with Crippen LogP contribution < -0.4 is 4.74 Å². The van der Waals surface area contributed by atoms with E-state index in [0.29, 0.717) is 13.0 Å². The zero-order chi connectivity index (χ0) is 12.7. The smallest absolute Gasteiger partial charge is 0.305 e. The second-order valence-electron chi connectivity index (χ2n) is 3.31. The molecule has 17 heavy (non-hydrogen) atoms. The van der Waals surface area contributed by atoms with Gasteiger partial charge in [0, 0.05) is 6.42 Å². The fourth-order valence-corrected chi connectivity index (χ4v) is 1.23. The summed E-state index contributed by atoms with van der Waals surface area (Å²) in [7, 11) is 0. The molecule has 0 aliphatic heterocycles. The van der Waals surface area contributed by atoms with Crippen LogP contribution in [0.1, 0.15) is 19.8 Å². The van der Waals surface area contributed by atoms with Gasteiger partial charge in [-0.25, -0.2) is 4.39 Å². The Balaban J connectivity index is 2.31. The van der Waals surface area contributed by atoms with Gasteiger partial charge in [0.15, 0.2) is 11.6 Å². The summed E-state index contributed by atoms with van der Waals surface area (Å²) in [6, 6.07) is 3.71. The lowest BCUT2D eigenvalue weighted by Crippen LogP contribution is -2.07. The van der Waals surface area contributed by atoms with Crippen molar-refractivity contribution in [1.29, 1.82) is 0 Å². The van der Waals surface area contributed by atoms with Crippen LogP contribution in [0.3, 0.4) is 0 Å². The van der Waals surface area contributed by atoms with Crippen molar-refractivity contribution in [2.45, 2.75) is 19.8 Å². The Morgan fingerprint density at radius 1 is 1.35 bits per heavy atom. The molecule has 0 aromatic heterocycles. The third-order valence-electron chi connectivity index (χ3n) is 2.00. The van der Waals surface area contributed by atoms with E-state index in [0.717, 1.165) is 6.07 Å². The minimum absolute atomic E-state index is 0.138. The van der Waals surface area contributed by atoms with Gasteiger partial charge in [0.2, 0.25) is 5.82 Å². The van der Waals surface area contributed by atoms with Gasteiger partial charge in [0.25, 0.3) is 0 Å². The Morgan fingerprint density at radius 3 is 2.82 bits per heavy atom. The molecule has 0 fully saturated rings. The Labute approximate surface area is 98.3 Å². The molecular weight excluding hydrogens is 230 g/mol. The quantitative estimate of drug-likeness (QED) is 0.570. The Hall–Kier alpha value is -1.65. The second kappa shape index (κ2) is 6.83. The van der Waals surface area contributed by atoms with Crippen LogP contribution >= 0.6 is 0 Å². The molecule has 3 nitrogen and oxygen atoms in total. The highest BCUT2D eigenvalue weighted by molar-refractivity contribution is 5.69. The molecule has 0 aliphatic rings. The predicted molar refractivity (Wildman–Crippen MR) is 57.7 cm³/mol. The van der Waals surface area contributed by atoms with E-state index < -0.39 is 11.6 Å². The predicted octanol–water partition coefficient (Wildman–Crippen LogP) is 2.69. The Morgan fingerprint density at radius 2 is 2.12 bits per heavy atom. The lowest BCUT2D eigenvalue weighted by Gasteiger charge is -2.07. The molecule has 0 radical (unpaired) electrons. The molecule has 0 atom stereocenters. The normalized spacial score (nSPS) is 10.1. The van der Waals surface area contributed by atoms with Crippen molar-refractivity contribution in [2.75, 3.05) is 13.2 Å². The van der Waals surface area contributed by atoms with Crippen LogP contribution in [0, 0.1) is 11.6 Å². The van der Waals surface area contributed by atoms with Gasteiger partial charge in [-0.1, -0.05) is 6.07 Å². The molecule has 1 aromatic carbocycles. The maximum Gasteiger partial charge on any atom is 0.305 e. The summed E-state index contributed by atoms with van der Waals surface area (Å²) in [5.74, 6) is -2.43. The van der Waals surface area contributed by atoms with Crippen LogP contribution in [0.2, 0.25) is 0 Å². The zero-order valence-corrected chi connectivity index (χ0v) is 9.54. The molecule has 0 heterocycles. The molecule has 94 valence electrons. The summed E-state index contributed by atoms with van der Waals surface area (Å²) in [6.07, 6.45) is 0.597. The third-order valence-corrected chi connectivity index (χ3v) is 2.00. The van der Waals surface area contributed by atoms with E-state index in [1.165, 1.54) is 12.1 Å². The monoisotopic (exact) mass is 244 g/mol. The minimum atomic E-state index is -1.01. The van der Waals surface area contributed by atoms with Crippen molar-refractivity contribution in [1.82, 2.24) is 0 Å². The third kappa shape index (κ3) is 4.38. The van der Waals surface area contributed by atoms with Crippen molar-refractivity contribution < 1.29 is 23.0 Å². The van der Waals surface area contributed by atoms with Crippen LogP contribution in [-0.2, 0) is 9.53 Å². The molecule has 0 N–H and O–H groups in total. The molecule has 1 rings (SSSR count). The maximum atomic E-state index is 13.1. The summed E-state index contributed by atoms with van der Waals surface area (Å²) >= 11 is 0. The first kappa shape index (κ1) is 13.4. The van der Waals surface area contributed by atoms with E-state index in [9.17, 15) is 13.6 Å². The average Bonchev–Trinajstić information content (AvgIpc) is 2.30. The number of rotatable bonds is 6. The van der Waals surface area contributed by atoms with Gasteiger partial charge in [-0.2, -0.15) is 4.39 Å². The van der Waals surface area contributed by atoms with E-state index in [2.05, 4.69) is 0 Å². The average molecular weight is 244 g/mol. The molecule has 0 saturated carbocycles. The van der Waals surface area contributed by atoms with E-state index >= 15 is 0 Å². The first-order valence-electron chi connectivity index (χ1n) is 5.37. The van der Waals surface area contributed by atoms with Crippen molar-refractivity contribution in [3.63, 3.8) is 0 Å². The van der Waals surface area contributed by atoms with E-state index in [-0.39, 0.29) is 24.7 Å². The molecule has 0 unspecified atom stereocenters. The topological polar surface area (TPSA) is 35.5 Å². The number of halogens is 2. The Bertz CT molecular complexity index is 380. The van der Waals surface area contributed by atoms with Crippen molar-refractivity contribution >= 4 is 5.97 Å². The van der Waals surface area contributed by atoms with Crippen molar-refractivity contribution in [2.24, 2.45) is 0 Å². The molecule has 1 aromatic rings. The van der Waals surface area contributed by atoms with Crippen LogP contribution in [0.4, 0.5) is 8.78 Å². The van der Waals surface area contributed by atoms with E-state index in [1.54, 1.807) is 6.92 Å². The van der Waals surface area contributed by atoms with Gasteiger partial charge in [-0.3, -0.25) is 4.79 Å². The number of hydrogen-bond acceptors (Lipinski definition) is 3. The zero-order valence-electron chi connectivity index (χ0n) is 9.54. The number of benzene rings is 1. The lowest BCUT2D eigenvalue weighted by atomic mass is 10.3. The van der Waals surface area contributed by atoms with Crippen LogP contribution in [0.5, 0.6) is 5.75 Å². The van der Waals surface area contributed by atoms with Gasteiger partial charge < -0.3 is 9.47 Å². The molecule has 0 saturated heterocycles. The summed E-state index contributed by atoms with van der Waals surface area (Å²) < 4.78 is 35.6. The molecule has 0 amide bonds. The summed E-state index contributed by atoms with van der Waals surface area (Å²) in [5.41, 5.74) is 0. The van der Waals surface area contributed by atoms with Crippen molar-refractivity contribution in [3.8, 4) is 5.75 Å². The van der Waals surface area contributed by atoms with Crippen LogP contribution in [0.25, 0.3) is 0 Å². The maximum absolute atomic E-state index is 13.1. The first-order valence-corrected chi connectivity index (χ1v) is 5.37. The fourth-order valence-electron chi connectivity index (χ4n) is 1.23. The van der Waals surface area contributed by atoms with Crippen LogP contribution in [-0.4, -0.2) is 19.2 Å². The number of esters is 1. The number of ether oxygens (including phenoxy) is 2. The molecule has 0 bridgehead atoms. The Kier molecular flexibility index (Phi) is 5.39. The number of carbonyl (C=O) groups is 1. The lowest BCUT2D eigenvalue weighted by molar-refractivity contribution is -0.143. The minimum Gasteiger partial charge on any atom is -0.490 e. The highest BCUT2D eigenvalue weighted by Crippen LogP contribution is 2.19. The summed E-state index contributed by atoms with van der Waals surface area (Å²) in [4.78, 5) is 11.0. The van der Waals surface area contributed by atoms with Gasteiger partial charge in [-0.15, -0.1) is 0 Å². The second-order valence-corrected chi connectivity index (χ2v) is 3.31. The van der Waals surface area contributed by atoms with Gasteiger partial charge >= 0.3 is 5.97 Å². The van der Waals surface area contributed by atoms with Gasteiger partial charge in [0.1, 0.15) is 0 Å². The van der Waals surface area contributed by atoms with Crippen LogP contribution in [0.15, 0.2) is 18.2 Å². The number of hydrogen-bond donors (Lipinski definition) is 0. The fraction of sp³-hybridized carbons (Fsp3) is 0.417. The van der Waals surface area contributed by atoms with Gasteiger partial charge in [-0.05, 0) is 25.5 Å². The highest BCUT2D eigenvalue weighted by Gasteiger charge is 2.08. The standard InChI is InChI=1S/C12H14F2O3/c1-2-16-11(15)7-4-8-17-10-6-3-5-9(13)12(10)14/h3,5-6H,2,4,7-8H2,1H3. The first-order chi connectivity index (χ1) is 8.15. The number of carbonyl (C=O) groups excluding carboxylic acids is 1. The van der Waals surface area contributed by atoms with Gasteiger partial charge in [0.05, 0.1) is 13.2 Å². The largest absolute Gasteiger partial charge is 0.490 e. The summed E-state index contributed by atoms with van der Waals surface area (Å²) in [6.45, 7) is 2.19. The molecular formula is C12H14F2O3. The van der Waals surface area contributed by atoms with Crippen molar-refractivity contribution in [3.05, 3.63) is 29.8 Å². The summed E-state index contributed by atoms with van der Waals surface area (Å²) in [5, 5.41) is 0. The molecule has 0 spiro atoms. The molecule has 5 heteroatoms.